The normalized spacial score (nSPS) is 19.6. The first kappa shape index (κ1) is 11.0. The lowest BCUT2D eigenvalue weighted by Crippen LogP contribution is -2.21. The number of para-hydroxylation sites is 1. The van der Waals surface area contributed by atoms with Crippen molar-refractivity contribution in [3.63, 3.8) is 0 Å². The van der Waals surface area contributed by atoms with Gasteiger partial charge in [-0.1, -0.05) is 18.2 Å². The third-order valence-corrected chi connectivity index (χ3v) is 2.67. The molecule has 3 N–H and O–H groups in total. The molecule has 1 aliphatic heterocycles. The summed E-state index contributed by atoms with van der Waals surface area (Å²) in [7, 11) is 0. The second-order valence-electron chi connectivity index (χ2n) is 4.01. The molecule has 2 rings (SSSR count). The number of carbonyl (C=O) groups is 1. The molecule has 16 heavy (non-hydrogen) atoms. The summed E-state index contributed by atoms with van der Waals surface area (Å²) in [6, 6.07) is 8.09. The van der Waals surface area contributed by atoms with Crippen LogP contribution in [-0.4, -0.2) is 25.2 Å². The lowest BCUT2D eigenvalue weighted by atomic mass is 10.1. The molecule has 1 unspecified atom stereocenters. The third kappa shape index (κ3) is 2.73. The van der Waals surface area contributed by atoms with Gasteiger partial charge in [0, 0.05) is 12.3 Å². The summed E-state index contributed by atoms with van der Waals surface area (Å²) in [5.41, 5.74) is 7.14. The predicted octanol–water partition coefficient (Wildman–Crippen LogP) is 0.915. The molecule has 0 aliphatic carbocycles. The zero-order valence-electron chi connectivity index (χ0n) is 9.11. The average Bonchev–Trinajstić information content (AvgIpc) is 2.73. The minimum atomic E-state index is -0.308. The molecule has 86 valence electrons. The van der Waals surface area contributed by atoms with Crippen LogP contribution in [-0.2, 0) is 16.0 Å². The molecule has 4 heteroatoms. The van der Waals surface area contributed by atoms with Gasteiger partial charge in [0.2, 0.25) is 5.91 Å². The fraction of sp³-hybridized carbons (Fsp3) is 0.417. The van der Waals surface area contributed by atoms with Crippen LogP contribution in [0.25, 0.3) is 0 Å². The maximum atomic E-state index is 10.9. The Kier molecular flexibility index (Phi) is 3.41. The van der Waals surface area contributed by atoms with E-state index in [9.17, 15) is 4.79 Å². The molecule has 1 heterocycles. The Morgan fingerprint density at radius 2 is 2.31 bits per heavy atom. The van der Waals surface area contributed by atoms with Crippen molar-refractivity contribution < 1.29 is 9.53 Å². The summed E-state index contributed by atoms with van der Waals surface area (Å²) in [5, 5.41) is 3.38. The summed E-state index contributed by atoms with van der Waals surface area (Å²) >= 11 is 0. The van der Waals surface area contributed by atoms with Crippen molar-refractivity contribution in [3.05, 3.63) is 29.8 Å². The SMILES string of the molecule is NC(=O)Cc1ccccc1NC1CCOC1. The van der Waals surface area contributed by atoms with Crippen molar-refractivity contribution in [2.45, 2.75) is 18.9 Å². The highest BCUT2D eigenvalue weighted by Gasteiger charge is 2.16. The Hall–Kier alpha value is -1.55. The number of primary amides is 1. The summed E-state index contributed by atoms with van der Waals surface area (Å²) in [6.45, 7) is 1.53. The van der Waals surface area contributed by atoms with Gasteiger partial charge in [-0.25, -0.2) is 0 Å². The fourth-order valence-corrected chi connectivity index (χ4v) is 1.87. The number of nitrogens with two attached hydrogens (primary N) is 1. The first-order valence-electron chi connectivity index (χ1n) is 5.46. The maximum Gasteiger partial charge on any atom is 0.221 e. The summed E-state index contributed by atoms with van der Waals surface area (Å²) in [5.74, 6) is -0.308. The third-order valence-electron chi connectivity index (χ3n) is 2.67. The van der Waals surface area contributed by atoms with Crippen LogP contribution in [0, 0.1) is 0 Å². The van der Waals surface area contributed by atoms with E-state index in [2.05, 4.69) is 5.32 Å². The van der Waals surface area contributed by atoms with Crippen LogP contribution in [0.15, 0.2) is 24.3 Å². The molecular weight excluding hydrogens is 204 g/mol. The molecule has 1 atom stereocenters. The van der Waals surface area contributed by atoms with Gasteiger partial charge in [0.1, 0.15) is 0 Å². The van der Waals surface area contributed by atoms with Gasteiger partial charge >= 0.3 is 0 Å². The van der Waals surface area contributed by atoms with Crippen LogP contribution in [0.4, 0.5) is 5.69 Å². The van der Waals surface area contributed by atoms with Crippen LogP contribution >= 0.6 is 0 Å². The molecule has 1 aromatic rings. The molecule has 0 aromatic heterocycles. The van der Waals surface area contributed by atoms with Crippen LogP contribution < -0.4 is 11.1 Å². The standard InChI is InChI=1S/C12H16N2O2/c13-12(15)7-9-3-1-2-4-11(9)14-10-5-6-16-8-10/h1-4,10,14H,5-8H2,(H2,13,15). The molecule has 1 aliphatic rings. The Morgan fingerprint density at radius 3 is 3.00 bits per heavy atom. The minimum Gasteiger partial charge on any atom is -0.380 e. The van der Waals surface area contributed by atoms with E-state index >= 15 is 0 Å². The first-order chi connectivity index (χ1) is 7.75. The van der Waals surface area contributed by atoms with E-state index in [1.807, 2.05) is 24.3 Å². The van der Waals surface area contributed by atoms with Crippen molar-refractivity contribution in [1.82, 2.24) is 0 Å². The Morgan fingerprint density at radius 1 is 1.50 bits per heavy atom. The number of ether oxygens (including phenoxy) is 1. The molecule has 1 fully saturated rings. The monoisotopic (exact) mass is 220 g/mol. The number of hydrogen-bond acceptors (Lipinski definition) is 3. The van der Waals surface area contributed by atoms with E-state index in [0.717, 1.165) is 30.9 Å². The topological polar surface area (TPSA) is 64.4 Å². The lowest BCUT2D eigenvalue weighted by Gasteiger charge is -2.15. The van der Waals surface area contributed by atoms with Crippen LogP contribution in [0.1, 0.15) is 12.0 Å². The molecular formula is C12H16N2O2. The second-order valence-corrected chi connectivity index (χ2v) is 4.01. The van der Waals surface area contributed by atoms with Crippen molar-refractivity contribution in [2.24, 2.45) is 5.73 Å². The van der Waals surface area contributed by atoms with E-state index in [4.69, 9.17) is 10.5 Å². The van der Waals surface area contributed by atoms with Crippen molar-refractivity contribution >= 4 is 11.6 Å². The number of rotatable bonds is 4. The number of amides is 1. The highest BCUT2D eigenvalue weighted by Crippen LogP contribution is 2.19. The van der Waals surface area contributed by atoms with Gasteiger partial charge in [0.05, 0.1) is 19.1 Å². The van der Waals surface area contributed by atoms with E-state index < -0.39 is 0 Å². The minimum absolute atomic E-state index is 0.275. The number of carbonyl (C=O) groups excluding carboxylic acids is 1. The van der Waals surface area contributed by atoms with Crippen LogP contribution in [0.3, 0.4) is 0 Å². The summed E-state index contributed by atoms with van der Waals surface area (Å²) in [6.07, 6.45) is 1.28. The largest absolute Gasteiger partial charge is 0.380 e. The number of benzene rings is 1. The Labute approximate surface area is 94.8 Å². The molecule has 1 aromatic carbocycles. The number of hydrogen-bond donors (Lipinski definition) is 2. The molecule has 1 amide bonds. The summed E-state index contributed by atoms with van der Waals surface area (Å²) in [4.78, 5) is 10.9. The first-order valence-corrected chi connectivity index (χ1v) is 5.46. The fourth-order valence-electron chi connectivity index (χ4n) is 1.87. The average molecular weight is 220 g/mol. The van der Waals surface area contributed by atoms with E-state index in [1.54, 1.807) is 0 Å². The van der Waals surface area contributed by atoms with Crippen molar-refractivity contribution in [3.8, 4) is 0 Å². The van der Waals surface area contributed by atoms with Gasteiger partial charge in [-0.05, 0) is 18.1 Å². The smallest absolute Gasteiger partial charge is 0.221 e. The zero-order valence-corrected chi connectivity index (χ0v) is 9.11. The number of anilines is 1. The van der Waals surface area contributed by atoms with Gasteiger partial charge in [-0.3, -0.25) is 4.79 Å². The van der Waals surface area contributed by atoms with Gasteiger partial charge in [-0.2, -0.15) is 0 Å². The van der Waals surface area contributed by atoms with Gasteiger partial charge in [-0.15, -0.1) is 0 Å². The summed E-state index contributed by atoms with van der Waals surface area (Å²) < 4.78 is 5.30. The molecule has 4 nitrogen and oxygen atoms in total. The molecule has 0 bridgehead atoms. The van der Waals surface area contributed by atoms with E-state index in [0.29, 0.717) is 6.04 Å². The second kappa shape index (κ2) is 4.99. The predicted molar refractivity (Wildman–Crippen MR) is 62.2 cm³/mol. The Balaban J connectivity index is 2.09. The molecule has 0 radical (unpaired) electrons. The quantitative estimate of drug-likeness (QED) is 0.793. The lowest BCUT2D eigenvalue weighted by molar-refractivity contribution is -0.117. The van der Waals surface area contributed by atoms with E-state index in [-0.39, 0.29) is 12.3 Å². The van der Waals surface area contributed by atoms with Crippen LogP contribution in [0.5, 0.6) is 0 Å². The van der Waals surface area contributed by atoms with Crippen molar-refractivity contribution in [2.75, 3.05) is 18.5 Å². The highest BCUT2D eigenvalue weighted by molar-refractivity contribution is 5.78. The van der Waals surface area contributed by atoms with Crippen LogP contribution in [0.2, 0.25) is 0 Å². The van der Waals surface area contributed by atoms with Gasteiger partial charge in [0.25, 0.3) is 0 Å². The molecule has 0 saturated carbocycles. The van der Waals surface area contributed by atoms with Crippen molar-refractivity contribution in [1.29, 1.82) is 0 Å². The maximum absolute atomic E-state index is 10.9. The van der Waals surface area contributed by atoms with E-state index in [1.165, 1.54) is 0 Å². The molecule has 0 spiro atoms. The van der Waals surface area contributed by atoms with Gasteiger partial charge in [0.15, 0.2) is 0 Å². The highest BCUT2D eigenvalue weighted by atomic mass is 16.5. The Bertz CT molecular complexity index is 373. The molecule has 1 saturated heterocycles. The van der Waals surface area contributed by atoms with Gasteiger partial charge < -0.3 is 15.8 Å². The zero-order chi connectivity index (χ0) is 11.4. The number of nitrogens with one attached hydrogen (secondary N) is 1.